The minimum Gasteiger partial charge on any atom is -0.444 e. The molecule has 1 aromatic carbocycles. The number of amidine groups is 1. The van der Waals surface area contributed by atoms with Gasteiger partial charge in [-0.1, -0.05) is 0 Å². The van der Waals surface area contributed by atoms with E-state index in [2.05, 4.69) is 15.3 Å². The van der Waals surface area contributed by atoms with Crippen LogP contribution in [0.4, 0.5) is 16.2 Å². The molecule has 0 bridgehead atoms. The van der Waals surface area contributed by atoms with Crippen LogP contribution in [0.25, 0.3) is 0 Å². The Morgan fingerprint density at radius 2 is 2.15 bits per heavy atom. The Kier molecular flexibility index (Phi) is 6.11. The quantitative estimate of drug-likeness (QED) is 0.346. The lowest BCUT2D eigenvalue weighted by Gasteiger charge is -2.20. The van der Waals surface area contributed by atoms with Crippen molar-refractivity contribution in [1.29, 1.82) is 0 Å². The molecule has 0 aliphatic heterocycles. The van der Waals surface area contributed by atoms with Gasteiger partial charge >= 0.3 is 6.09 Å². The molecule has 0 saturated carbocycles. The van der Waals surface area contributed by atoms with E-state index in [1.54, 1.807) is 26.3 Å². The zero-order chi connectivity index (χ0) is 20.2. The third-order valence-corrected chi connectivity index (χ3v) is 4.17. The minimum absolute atomic E-state index is 0.128. The van der Waals surface area contributed by atoms with E-state index in [1.165, 1.54) is 29.5 Å². The number of hydrogen-bond acceptors (Lipinski definition) is 7. The summed E-state index contributed by atoms with van der Waals surface area (Å²) >= 11 is 1.50. The van der Waals surface area contributed by atoms with Crippen LogP contribution in [0.1, 0.15) is 36.9 Å². The summed E-state index contributed by atoms with van der Waals surface area (Å²) in [6, 6.07) is 3.96. The molecule has 2 rings (SSSR count). The van der Waals surface area contributed by atoms with Gasteiger partial charge in [-0.05, 0) is 33.8 Å². The van der Waals surface area contributed by atoms with Crippen LogP contribution in [0.5, 0.6) is 0 Å². The van der Waals surface area contributed by atoms with Crippen LogP contribution in [0, 0.1) is 17.0 Å². The molecular weight excluding hydrogens is 370 g/mol. The Morgan fingerprint density at radius 1 is 1.44 bits per heavy atom. The van der Waals surface area contributed by atoms with Crippen molar-refractivity contribution in [1.82, 2.24) is 4.98 Å². The monoisotopic (exact) mass is 391 g/mol. The van der Waals surface area contributed by atoms with Crippen molar-refractivity contribution in [2.75, 3.05) is 5.32 Å². The Bertz CT molecular complexity index is 886. The number of aromatic nitrogens is 1. The number of hydrogen-bond donors (Lipinski definition) is 2. The number of aliphatic imine (C=N–C) groups is 1. The fourth-order valence-electron chi connectivity index (χ4n) is 2.11. The number of carbonyl (C=O) groups is 1. The van der Waals surface area contributed by atoms with E-state index in [-0.39, 0.29) is 23.8 Å². The maximum Gasteiger partial charge on any atom is 0.412 e. The number of nitrogens with one attached hydrogen (secondary N) is 1. The number of aryl methyl sites for hydroxylation is 1. The first kappa shape index (κ1) is 20.3. The highest BCUT2D eigenvalue weighted by Gasteiger charge is 2.20. The number of amides is 1. The predicted molar refractivity (Wildman–Crippen MR) is 104 cm³/mol. The molecule has 10 heteroatoms. The number of non-ortho nitro benzene ring substituents is 1. The summed E-state index contributed by atoms with van der Waals surface area (Å²) in [7, 11) is 0. The molecule has 2 aromatic rings. The number of benzene rings is 1. The van der Waals surface area contributed by atoms with Crippen molar-refractivity contribution in [3.63, 3.8) is 0 Å². The molecule has 0 unspecified atom stereocenters. The van der Waals surface area contributed by atoms with E-state index in [9.17, 15) is 14.9 Å². The molecule has 0 radical (unpaired) electrons. The number of rotatable bonds is 5. The van der Waals surface area contributed by atoms with Gasteiger partial charge in [-0.3, -0.25) is 20.4 Å². The highest BCUT2D eigenvalue weighted by Crippen LogP contribution is 2.24. The summed E-state index contributed by atoms with van der Waals surface area (Å²) in [6.45, 7) is 7.34. The Morgan fingerprint density at radius 3 is 2.70 bits per heavy atom. The maximum absolute atomic E-state index is 12.1. The van der Waals surface area contributed by atoms with Gasteiger partial charge in [0.25, 0.3) is 5.69 Å². The van der Waals surface area contributed by atoms with Crippen LogP contribution in [0.15, 0.2) is 28.7 Å². The van der Waals surface area contributed by atoms with E-state index in [1.807, 2.05) is 6.92 Å². The van der Waals surface area contributed by atoms with Gasteiger partial charge in [0.05, 0.1) is 28.4 Å². The SMILES string of the molecule is Cc1scnc1CN=C(N)c1ccc([N+](=O)[O-])cc1NC(=O)OC(C)(C)C. The number of thiazole rings is 1. The first-order valence-corrected chi connectivity index (χ1v) is 8.92. The van der Waals surface area contributed by atoms with Crippen molar-refractivity contribution >= 4 is 34.6 Å². The second kappa shape index (κ2) is 8.12. The molecule has 0 aliphatic rings. The van der Waals surface area contributed by atoms with Crippen LogP contribution in [0.2, 0.25) is 0 Å². The molecule has 0 atom stereocenters. The van der Waals surface area contributed by atoms with E-state index < -0.39 is 16.6 Å². The highest BCUT2D eigenvalue weighted by atomic mass is 32.1. The van der Waals surface area contributed by atoms with Crippen molar-refractivity contribution in [3.8, 4) is 0 Å². The Labute approximate surface area is 160 Å². The predicted octanol–water partition coefficient (Wildman–Crippen LogP) is 3.61. The van der Waals surface area contributed by atoms with Crippen molar-refractivity contribution in [2.24, 2.45) is 10.7 Å². The average molecular weight is 391 g/mol. The number of carbonyl (C=O) groups excluding carboxylic acids is 1. The van der Waals surface area contributed by atoms with Gasteiger partial charge in [-0.2, -0.15) is 0 Å². The lowest BCUT2D eigenvalue weighted by Crippen LogP contribution is -2.28. The molecule has 1 aromatic heterocycles. The van der Waals surface area contributed by atoms with Crippen LogP contribution in [-0.2, 0) is 11.3 Å². The second-order valence-electron chi connectivity index (χ2n) is 6.67. The topological polar surface area (TPSA) is 133 Å². The molecule has 0 spiro atoms. The third-order valence-electron chi connectivity index (χ3n) is 3.37. The number of anilines is 1. The minimum atomic E-state index is -0.743. The van der Waals surface area contributed by atoms with Crippen LogP contribution >= 0.6 is 11.3 Å². The largest absolute Gasteiger partial charge is 0.444 e. The number of nitro groups is 1. The van der Waals surface area contributed by atoms with Gasteiger partial charge in [0.15, 0.2) is 0 Å². The average Bonchev–Trinajstić information content (AvgIpc) is 2.95. The van der Waals surface area contributed by atoms with Gasteiger partial charge in [0, 0.05) is 22.6 Å². The second-order valence-corrected chi connectivity index (χ2v) is 7.73. The van der Waals surface area contributed by atoms with Crippen molar-refractivity contribution < 1.29 is 14.5 Å². The summed E-state index contributed by atoms with van der Waals surface area (Å²) < 4.78 is 5.20. The zero-order valence-corrected chi connectivity index (χ0v) is 16.3. The molecule has 9 nitrogen and oxygen atoms in total. The molecule has 0 saturated heterocycles. The maximum atomic E-state index is 12.1. The molecule has 27 heavy (non-hydrogen) atoms. The fourth-order valence-corrected chi connectivity index (χ4v) is 2.70. The lowest BCUT2D eigenvalue weighted by molar-refractivity contribution is -0.384. The molecule has 1 heterocycles. The number of nitrogens with two attached hydrogens (primary N) is 1. The van der Waals surface area contributed by atoms with Gasteiger partial charge < -0.3 is 10.5 Å². The Hall–Kier alpha value is -3.01. The summed E-state index contributed by atoms with van der Waals surface area (Å²) in [5.74, 6) is 0.128. The van der Waals surface area contributed by atoms with Gasteiger partial charge in [0.1, 0.15) is 11.4 Å². The molecule has 0 fully saturated rings. The van der Waals surface area contributed by atoms with Crippen LogP contribution in [-0.4, -0.2) is 27.4 Å². The van der Waals surface area contributed by atoms with Gasteiger partial charge in [-0.25, -0.2) is 9.78 Å². The van der Waals surface area contributed by atoms with E-state index in [0.29, 0.717) is 5.56 Å². The number of nitro benzene ring substituents is 1. The summed E-state index contributed by atoms with van der Waals surface area (Å²) in [4.78, 5) is 32.1. The van der Waals surface area contributed by atoms with Crippen molar-refractivity contribution in [2.45, 2.75) is 39.8 Å². The summed E-state index contributed by atoms with van der Waals surface area (Å²) in [5.41, 5.74) is 8.18. The zero-order valence-electron chi connectivity index (χ0n) is 15.5. The molecule has 3 N–H and O–H groups in total. The first-order valence-electron chi connectivity index (χ1n) is 8.04. The van der Waals surface area contributed by atoms with E-state index in [4.69, 9.17) is 10.5 Å². The van der Waals surface area contributed by atoms with Gasteiger partial charge in [0.2, 0.25) is 0 Å². The van der Waals surface area contributed by atoms with E-state index in [0.717, 1.165) is 10.6 Å². The third kappa shape index (κ3) is 5.74. The molecule has 0 aliphatic carbocycles. The van der Waals surface area contributed by atoms with E-state index >= 15 is 0 Å². The van der Waals surface area contributed by atoms with Gasteiger partial charge in [-0.15, -0.1) is 11.3 Å². The van der Waals surface area contributed by atoms with Crippen LogP contribution in [0.3, 0.4) is 0 Å². The number of nitrogens with zero attached hydrogens (tertiary/aromatic N) is 3. The smallest absolute Gasteiger partial charge is 0.412 e. The highest BCUT2D eigenvalue weighted by molar-refractivity contribution is 7.09. The molecular formula is C17H21N5O4S. The lowest BCUT2D eigenvalue weighted by atomic mass is 10.1. The summed E-state index contributed by atoms with van der Waals surface area (Å²) in [6.07, 6.45) is -0.743. The summed E-state index contributed by atoms with van der Waals surface area (Å²) in [5, 5.41) is 13.6. The van der Waals surface area contributed by atoms with Crippen LogP contribution < -0.4 is 11.1 Å². The van der Waals surface area contributed by atoms with Crippen molar-refractivity contribution in [3.05, 3.63) is 50.0 Å². The fraction of sp³-hybridized carbons (Fsp3) is 0.353. The first-order chi connectivity index (χ1) is 12.6. The number of ether oxygens (including phenoxy) is 1. The molecule has 1 amide bonds. The normalized spacial score (nSPS) is 11.9. The Balaban J connectivity index is 2.32. The molecule has 144 valence electrons. The standard InChI is InChI=1S/C17H21N5O4S/c1-10-14(20-9-27-10)8-19-15(18)12-6-5-11(22(24)25)7-13(12)21-16(23)26-17(2,3)4/h5-7,9H,8H2,1-4H3,(H2,18,19)(H,21,23).